The molecular formula is C15H24N4O5. The van der Waals surface area contributed by atoms with Crippen LogP contribution in [0.15, 0.2) is 10.6 Å². The van der Waals surface area contributed by atoms with E-state index < -0.39 is 17.9 Å². The summed E-state index contributed by atoms with van der Waals surface area (Å²) >= 11 is 0. The molecule has 0 aromatic carbocycles. The van der Waals surface area contributed by atoms with Gasteiger partial charge in [0.1, 0.15) is 18.8 Å². The van der Waals surface area contributed by atoms with Gasteiger partial charge in [-0.25, -0.2) is 4.79 Å². The Morgan fingerprint density at radius 3 is 2.67 bits per heavy atom. The van der Waals surface area contributed by atoms with Crippen molar-refractivity contribution in [1.29, 1.82) is 0 Å². The summed E-state index contributed by atoms with van der Waals surface area (Å²) in [4.78, 5) is 36.8. The topological polar surface area (TPSA) is 114 Å². The van der Waals surface area contributed by atoms with Gasteiger partial charge in [0.15, 0.2) is 5.82 Å². The van der Waals surface area contributed by atoms with Crippen LogP contribution in [0.4, 0.5) is 10.6 Å². The van der Waals surface area contributed by atoms with Gasteiger partial charge >= 0.3 is 12.0 Å². The molecule has 0 saturated heterocycles. The fourth-order valence-corrected chi connectivity index (χ4v) is 1.85. The van der Waals surface area contributed by atoms with Gasteiger partial charge in [0.2, 0.25) is 5.91 Å². The van der Waals surface area contributed by atoms with E-state index in [0.717, 1.165) is 12.8 Å². The number of ether oxygens (including phenoxy) is 1. The molecule has 1 heterocycles. The van der Waals surface area contributed by atoms with Crippen LogP contribution in [-0.4, -0.2) is 54.2 Å². The molecule has 0 bridgehead atoms. The van der Waals surface area contributed by atoms with Crippen molar-refractivity contribution in [3.05, 3.63) is 11.8 Å². The molecule has 0 aliphatic heterocycles. The van der Waals surface area contributed by atoms with Crippen LogP contribution in [0.5, 0.6) is 0 Å². The summed E-state index contributed by atoms with van der Waals surface area (Å²) in [6.07, 6.45) is 1.61. The van der Waals surface area contributed by atoms with E-state index in [1.54, 1.807) is 19.9 Å². The van der Waals surface area contributed by atoms with E-state index in [0.29, 0.717) is 18.1 Å². The second kappa shape index (κ2) is 10.2. The Balaban J connectivity index is 2.54. The molecule has 0 fully saturated rings. The molecule has 1 aromatic rings. The molecule has 0 unspecified atom stereocenters. The van der Waals surface area contributed by atoms with Crippen LogP contribution in [0, 0.1) is 6.92 Å². The number of amides is 3. The van der Waals surface area contributed by atoms with Crippen LogP contribution in [0.25, 0.3) is 0 Å². The number of aryl methyl sites for hydroxylation is 1. The van der Waals surface area contributed by atoms with Gasteiger partial charge in [-0.1, -0.05) is 18.5 Å². The third-order valence-electron chi connectivity index (χ3n) is 2.99. The number of nitrogens with zero attached hydrogens (tertiary/aromatic N) is 2. The van der Waals surface area contributed by atoms with E-state index in [1.165, 1.54) is 4.90 Å². The van der Waals surface area contributed by atoms with E-state index in [4.69, 9.17) is 9.26 Å². The summed E-state index contributed by atoms with van der Waals surface area (Å²) < 4.78 is 9.61. The average molecular weight is 340 g/mol. The number of rotatable bonds is 9. The number of urea groups is 1. The maximum absolute atomic E-state index is 12.1. The van der Waals surface area contributed by atoms with E-state index in [2.05, 4.69) is 15.8 Å². The summed E-state index contributed by atoms with van der Waals surface area (Å²) in [5.74, 6) is -0.0605. The van der Waals surface area contributed by atoms with Gasteiger partial charge in [-0.3, -0.25) is 9.59 Å². The van der Waals surface area contributed by atoms with Crippen LogP contribution in [-0.2, 0) is 14.3 Å². The second-order valence-corrected chi connectivity index (χ2v) is 5.11. The molecule has 0 aliphatic rings. The van der Waals surface area contributed by atoms with Gasteiger partial charge in [-0.15, -0.1) is 0 Å². The Hall–Kier alpha value is -2.58. The maximum atomic E-state index is 12.1. The van der Waals surface area contributed by atoms with E-state index in [9.17, 15) is 14.4 Å². The highest BCUT2D eigenvalue weighted by Crippen LogP contribution is 2.07. The minimum Gasteiger partial charge on any atom is -0.465 e. The number of esters is 1. The number of hydrogen-bond acceptors (Lipinski definition) is 6. The number of hydrogen-bond donors (Lipinski definition) is 2. The third-order valence-corrected chi connectivity index (χ3v) is 2.99. The number of carbonyl (C=O) groups excluding carboxylic acids is 3. The third kappa shape index (κ3) is 7.12. The van der Waals surface area contributed by atoms with Gasteiger partial charge in [-0.05, 0) is 20.3 Å². The fourth-order valence-electron chi connectivity index (χ4n) is 1.85. The molecule has 0 saturated carbocycles. The SMILES string of the molecule is CCCCN(CC(=O)Nc1cc(C)on1)C(=O)NCC(=O)OCC. The van der Waals surface area contributed by atoms with Crippen LogP contribution < -0.4 is 10.6 Å². The molecule has 9 nitrogen and oxygen atoms in total. The smallest absolute Gasteiger partial charge is 0.325 e. The van der Waals surface area contributed by atoms with Crippen molar-refractivity contribution in [1.82, 2.24) is 15.4 Å². The highest BCUT2D eigenvalue weighted by molar-refractivity contribution is 5.93. The number of nitrogens with one attached hydrogen (secondary N) is 2. The first kappa shape index (κ1) is 19.5. The molecule has 0 spiro atoms. The molecule has 134 valence electrons. The van der Waals surface area contributed by atoms with Crippen molar-refractivity contribution < 1.29 is 23.6 Å². The lowest BCUT2D eigenvalue weighted by Crippen LogP contribution is -2.46. The highest BCUT2D eigenvalue weighted by Gasteiger charge is 2.18. The molecule has 0 atom stereocenters. The minimum absolute atomic E-state index is 0.152. The van der Waals surface area contributed by atoms with Crippen LogP contribution >= 0.6 is 0 Å². The number of unbranched alkanes of at least 4 members (excludes halogenated alkanes) is 1. The van der Waals surface area contributed by atoms with E-state index >= 15 is 0 Å². The fraction of sp³-hybridized carbons (Fsp3) is 0.600. The first-order valence-electron chi connectivity index (χ1n) is 7.87. The lowest BCUT2D eigenvalue weighted by molar-refractivity contribution is -0.141. The molecule has 0 aliphatic carbocycles. The van der Waals surface area contributed by atoms with Crippen LogP contribution in [0.1, 0.15) is 32.4 Å². The van der Waals surface area contributed by atoms with E-state index in [1.807, 2.05) is 6.92 Å². The Labute approximate surface area is 140 Å². The van der Waals surface area contributed by atoms with Crippen molar-refractivity contribution in [3.8, 4) is 0 Å². The van der Waals surface area contributed by atoms with Gasteiger partial charge in [-0.2, -0.15) is 0 Å². The number of anilines is 1. The van der Waals surface area contributed by atoms with Gasteiger partial charge in [0.05, 0.1) is 6.61 Å². The lowest BCUT2D eigenvalue weighted by atomic mass is 10.3. The first-order valence-corrected chi connectivity index (χ1v) is 7.87. The Bertz CT molecular complexity index is 558. The number of aromatic nitrogens is 1. The summed E-state index contributed by atoms with van der Waals surface area (Å²) in [6.45, 7) is 5.62. The monoisotopic (exact) mass is 340 g/mol. The van der Waals surface area contributed by atoms with Gasteiger partial charge in [0, 0.05) is 12.6 Å². The molecule has 3 amide bonds. The molecule has 24 heavy (non-hydrogen) atoms. The molecule has 1 aromatic heterocycles. The zero-order valence-corrected chi connectivity index (χ0v) is 14.3. The zero-order chi connectivity index (χ0) is 17.9. The predicted molar refractivity (Wildman–Crippen MR) is 86.4 cm³/mol. The van der Waals surface area contributed by atoms with Crippen molar-refractivity contribution in [3.63, 3.8) is 0 Å². The highest BCUT2D eigenvalue weighted by atomic mass is 16.5. The Morgan fingerprint density at radius 1 is 1.33 bits per heavy atom. The summed E-state index contributed by atoms with van der Waals surface area (Å²) in [7, 11) is 0. The Kier molecular flexibility index (Phi) is 8.31. The largest absolute Gasteiger partial charge is 0.465 e. The second-order valence-electron chi connectivity index (χ2n) is 5.11. The molecule has 9 heteroatoms. The quantitative estimate of drug-likeness (QED) is 0.655. The molecule has 1 rings (SSSR count). The molecule has 0 radical (unpaired) electrons. The summed E-state index contributed by atoms with van der Waals surface area (Å²) in [5, 5.41) is 8.66. The first-order chi connectivity index (χ1) is 11.5. The van der Waals surface area contributed by atoms with Gasteiger partial charge < -0.3 is 24.8 Å². The average Bonchev–Trinajstić information content (AvgIpc) is 2.94. The minimum atomic E-state index is -0.524. The van der Waals surface area contributed by atoms with Crippen molar-refractivity contribution >= 4 is 23.7 Å². The van der Waals surface area contributed by atoms with Crippen LogP contribution in [0.2, 0.25) is 0 Å². The standard InChI is InChI=1S/C15H24N4O5/c1-4-6-7-19(15(22)16-9-14(21)23-5-2)10-13(20)17-12-8-11(3)24-18-12/h8H,4-7,9-10H2,1-3H3,(H,16,22)(H,17,18,20). The van der Waals surface area contributed by atoms with Gasteiger partial charge in [0.25, 0.3) is 0 Å². The molecule has 2 N–H and O–H groups in total. The van der Waals surface area contributed by atoms with Crippen LogP contribution in [0.3, 0.4) is 0 Å². The summed E-state index contributed by atoms with van der Waals surface area (Å²) in [5.41, 5.74) is 0. The number of carbonyl (C=O) groups is 3. The summed E-state index contributed by atoms with van der Waals surface area (Å²) in [6, 6.07) is 1.08. The maximum Gasteiger partial charge on any atom is 0.325 e. The van der Waals surface area contributed by atoms with E-state index in [-0.39, 0.29) is 19.7 Å². The molecular weight excluding hydrogens is 316 g/mol. The van der Waals surface area contributed by atoms with Crippen molar-refractivity contribution in [2.75, 3.05) is 31.6 Å². The predicted octanol–water partition coefficient (Wildman–Crippen LogP) is 1.30. The van der Waals surface area contributed by atoms with Crippen molar-refractivity contribution in [2.24, 2.45) is 0 Å². The Morgan fingerprint density at radius 2 is 2.08 bits per heavy atom. The normalized spacial score (nSPS) is 10.1. The van der Waals surface area contributed by atoms with Crippen molar-refractivity contribution in [2.45, 2.75) is 33.6 Å². The zero-order valence-electron chi connectivity index (χ0n) is 14.3. The lowest BCUT2D eigenvalue weighted by Gasteiger charge is -2.22.